The minimum Gasteiger partial charge on any atom is -0.477 e. The topological polar surface area (TPSA) is 153 Å². The molecular formula is C30H46B2N4O6S3. The minimum atomic E-state index is -0.980. The maximum absolute atomic E-state index is 11.5. The van der Waals surface area contributed by atoms with Gasteiger partial charge in [0.25, 0.3) is 5.91 Å². The number of aryl methyl sites for hydroxylation is 3. The van der Waals surface area contributed by atoms with E-state index < -0.39 is 11.9 Å². The zero-order valence-electron chi connectivity index (χ0n) is 27.7. The van der Waals surface area contributed by atoms with Gasteiger partial charge in [0.05, 0.1) is 25.4 Å². The molecule has 3 aromatic rings. The minimum absolute atomic E-state index is 0.0874. The van der Waals surface area contributed by atoms with E-state index >= 15 is 0 Å². The third-order valence-electron chi connectivity index (χ3n) is 4.93. The summed E-state index contributed by atoms with van der Waals surface area (Å²) in [5.74, 6) is -1.90. The van der Waals surface area contributed by atoms with Crippen molar-refractivity contribution in [2.24, 2.45) is 5.73 Å². The Labute approximate surface area is 282 Å². The van der Waals surface area contributed by atoms with Crippen molar-refractivity contribution in [3.8, 4) is 0 Å². The number of hydrogen-bond donors (Lipinski definition) is 4. The van der Waals surface area contributed by atoms with Crippen LogP contribution in [0.5, 0.6) is 0 Å². The predicted octanol–water partition coefficient (Wildman–Crippen LogP) is 4.84. The molecule has 0 fully saturated rings. The lowest BCUT2D eigenvalue weighted by atomic mass is 10.1. The number of carboxylic acid groups (broad SMARTS) is 2. The molecule has 0 aliphatic rings. The van der Waals surface area contributed by atoms with E-state index in [4.69, 9.17) is 18.1 Å². The number of carboxylic acids is 2. The quantitative estimate of drug-likeness (QED) is 0.184. The van der Waals surface area contributed by atoms with Crippen LogP contribution in [0.3, 0.4) is 0 Å². The monoisotopic (exact) mass is 676 g/mol. The Morgan fingerprint density at radius 1 is 0.800 bits per heavy atom. The number of rotatable bonds is 9. The van der Waals surface area contributed by atoms with Gasteiger partial charge in [-0.2, -0.15) is 0 Å². The van der Waals surface area contributed by atoms with Crippen LogP contribution < -0.4 is 11.1 Å². The van der Waals surface area contributed by atoms with Crippen LogP contribution in [0.4, 0.5) is 0 Å². The smallest absolute Gasteiger partial charge is 0.345 e. The summed E-state index contributed by atoms with van der Waals surface area (Å²) in [6.45, 7) is 11.6. The summed E-state index contributed by atoms with van der Waals surface area (Å²) in [4.78, 5) is 51.1. The number of carbonyl (C=O) groups excluding carboxylic acids is 2. The Hall–Kier alpha value is -2.81. The first-order valence-corrected chi connectivity index (χ1v) is 16.4. The first kappa shape index (κ1) is 44.3. The highest BCUT2D eigenvalue weighted by molar-refractivity contribution is 7.15. The molecule has 1 amide bonds. The number of carbonyl (C=O) groups is 4. The zero-order valence-corrected chi connectivity index (χ0v) is 30.2. The number of aromatic carboxylic acids is 2. The molecule has 0 aliphatic carbocycles. The first-order chi connectivity index (χ1) is 21.0. The molecule has 0 aliphatic heterocycles. The van der Waals surface area contributed by atoms with Crippen LogP contribution in [-0.4, -0.2) is 101 Å². The summed E-state index contributed by atoms with van der Waals surface area (Å²) in [5.41, 5.74) is 7.58. The number of nitrogens with zero attached hydrogens (tertiary/aromatic N) is 2. The lowest BCUT2D eigenvalue weighted by molar-refractivity contribution is 0.0691. The highest BCUT2D eigenvalue weighted by atomic mass is 32.1. The summed E-state index contributed by atoms with van der Waals surface area (Å²) < 4.78 is 0. The summed E-state index contributed by atoms with van der Waals surface area (Å²) in [7, 11) is 17.9. The Morgan fingerprint density at radius 3 is 1.44 bits per heavy atom. The number of nitrogens with one attached hydrogen (secondary N) is 1. The second-order valence-corrected chi connectivity index (χ2v) is 13.3. The third-order valence-corrected chi connectivity index (χ3v) is 8.51. The molecule has 45 heavy (non-hydrogen) atoms. The largest absolute Gasteiger partial charge is 0.477 e. The van der Waals surface area contributed by atoms with E-state index in [0.29, 0.717) is 16.0 Å². The van der Waals surface area contributed by atoms with Gasteiger partial charge in [-0.15, -0.1) is 34.0 Å². The molecule has 5 N–H and O–H groups in total. The SMILES string of the molecule is CCC.Cc1cc(C(=O)O)sc1C=O.Cc1cc(C(=O)O)sc1CN(C)C.[B]CN.[B]CNC(=O)c1cc(C)c(CN(C)C)s1. The number of hydrogen-bond acceptors (Lipinski definition) is 10. The highest BCUT2D eigenvalue weighted by Crippen LogP contribution is 2.24. The molecule has 0 unspecified atom stereocenters. The fourth-order valence-electron chi connectivity index (χ4n) is 3.04. The molecule has 0 atom stereocenters. The van der Waals surface area contributed by atoms with Gasteiger partial charge in [0.2, 0.25) is 0 Å². The third kappa shape index (κ3) is 18.7. The van der Waals surface area contributed by atoms with E-state index in [-0.39, 0.29) is 23.7 Å². The van der Waals surface area contributed by atoms with Crippen LogP contribution in [0.15, 0.2) is 18.2 Å². The van der Waals surface area contributed by atoms with E-state index in [1.165, 1.54) is 40.0 Å². The second-order valence-electron chi connectivity index (χ2n) is 9.95. The van der Waals surface area contributed by atoms with Gasteiger partial charge in [-0.3, -0.25) is 9.59 Å². The van der Waals surface area contributed by atoms with Crippen molar-refractivity contribution >= 4 is 73.8 Å². The van der Waals surface area contributed by atoms with Gasteiger partial charge >= 0.3 is 11.9 Å². The molecule has 3 rings (SSSR count). The van der Waals surface area contributed by atoms with Crippen LogP contribution >= 0.6 is 34.0 Å². The molecular weight excluding hydrogens is 630 g/mol. The molecule has 10 nitrogen and oxygen atoms in total. The standard InChI is InChI=1S/C10H15BN2OS.C9H13NO2S.C7H6O3S.C3H8.CH4BN/c1-7-4-8(10(14)12-6-11)15-9(7)5-13(2)3;1-6-4-7(9(11)12)13-8(6)5-10(2)3;1-4-2-5(7(9)10)11-6(4)3-8;1-3-2;2-1-3/h4H,5-6H2,1-3H3,(H,12,14);4H,5H2,1-3H3,(H,11,12);2-3H,1H3,(H,9,10);3H2,1-2H3;1,3H2. The summed E-state index contributed by atoms with van der Waals surface area (Å²) in [6.07, 6.45) is 2.35. The second kappa shape index (κ2) is 24.4. The molecule has 0 aromatic carbocycles. The van der Waals surface area contributed by atoms with Crippen LogP contribution in [-0.2, 0) is 13.1 Å². The van der Waals surface area contributed by atoms with Crippen molar-refractivity contribution in [2.45, 2.75) is 54.1 Å². The molecule has 0 saturated carbocycles. The normalized spacial score (nSPS) is 9.78. The molecule has 0 spiro atoms. The Balaban J connectivity index is 0. The van der Waals surface area contributed by atoms with Crippen molar-refractivity contribution in [1.29, 1.82) is 0 Å². The summed E-state index contributed by atoms with van der Waals surface area (Å²) >= 11 is 3.88. The summed E-state index contributed by atoms with van der Waals surface area (Å²) in [5, 5.41) is 19.9. The summed E-state index contributed by atoms with van der Waals surface area (Å²) in [6, 6.07) is 5.14. The van der Waals surface area contributed by atoms with Gasteiger partial charge in [-0.25, -0.2) is 9.59 Å². The van der Waals surface area contributed by atoms with Crippen LogP contribution in [0, 0.1) is 20.8 Å². The van der Waals surface area contributed by atoms with Gasteiger partial charge < -0.3 is 31.1 Å². The first-order valence-electron chi connectivity index (χ1n) is 13.9. The van der Waals surface area contributed by atoms with Crippen molar-refractivity contribution in [3.05, 3.63) is 64.2 Å². The number of thiophene rings is 3. The predicted molar refractivity (Wildman–Crippen MR) is 190 cm³/mol. The van der Waals surface area contributed by atoms with Gasteiger partial charge in [0.15, 0.2) is 6.29 Å². The van der Waals surface area contributed by atoms with E-state index in [9.17, 15) is 19.2 Å². The average Bonchev–Trinajstić information content (AvgIpc) is 3.62. The Bertz CT molecular complexity index is 1320. The lowest BCUT2D eigenvalue weighted by Crippen LogP contribution is -2.23. The molecule has 4 radical (unpaired) electrons. The van der Waals surface area contributed by atoms with Crippen molar-refractivity contribution in [1.82, 2.24) is 15.1 Å². The van der Waals surface area contributed by atoms with E-state index in [0.717, 1.165) is 50.9 Å². The Kier molecular flexibility index (Phi) is 24.1. The number of amides is 1. The van der Waals surface area contributed by atoms with Gasteiger partial charge in [0, 0.05) is 22.8 Å². The van der Waals surface area contributed by atoms with E-state index in [1.54, 1.807) is 13.0 Å². The highest BCUT2D eigenvalue weighted by Gasteiger charge is 2.13. The maximum atomic E-state index is 11.5. The molecule has 3 heterocycles. The van der Waals surface area contributed by atoms with Crippen molar-refractivity contribution < 1.29 is 29.4 Å². The molecule has 15 heteroatoms. The fourth-order valence-corrected chi connectivity index (χ4v) is 6.21. The van der Waals surface area contributed by atoms with Crippen molar-refractivity contribution in [3.63, 3.8) is 0 Å². The van der Waals surface area contributed by atoms with Crippen molar-refractivity contribution in [2.75, 3.05) is 41.1 Å². The molecule has 246 valence electrons. The molecule has 0 bridgehead atoms. The number of aldehydes is 1. The van der Waals surface area contributed by atoms with Crippen LogP contribution in [0.1, 0.15) is 85.4 Å². The van der Waals surface area contributed by atoms with Crippen LogP contribution in [0.25, 0.3) is 0 Å². The van der Waals surface area contributed by atoms with Gasteiger partial charge in [0.1, 0.15) is 9.75 Å². The molecule has 0 saturated heterocycles. The Morgan fingerprint density at radius 2 is 1.16 bits per heavy atom. The van der Waals surface area contributed by atoms with E-state index in [1.807, 2.05) is 53.0 Å². The van der Waals surface area contributed by atoms with Gasteiger partial charge in [-0.1, -0.05) is 20.3 Å². The number of nitrogens with two attached hydrogens (primary N) is 1. The maximum Gasteiger partial charge on any atom is 0.345 e. The van der Waals surface area contributed by atoms with Crippen LogP contribution in [0.2, 0.25) is 0 Å². The average molecular weight is 677 g/mol. The fraction of sp³-hybridized carbons (Fsp3) is 0.467. The van der Waals surface area contributed by atoms with Gasteiger partial charge in [-0.05, 0) is 96.7 Å². The van der Waals surface area contributed by atoms with E-state index in [2.05, 4.69) is 37.6 Å². The lowest BCUT2D eigenvalue weighted by Gasteiger charge is -2.07. The zero-order chi connectivity index (χ0) is 35.3. The molecule has 3 aromatic heterocycles.